The fourth-order valence-corrected chi connectivity index (χ4v) is 4.56. The van der Waals surface area contributed by atoms with Crippen LogP contribution in [0.5, 0.6) is 0 Å². The van der Waals surface area contributed by atoms with Crippen molar-refractivity contribution in [3.63, 3.8) is 0 Å². The first-order chi connectivity index (χ1) is 15.1. The van der Waals surface area contributed by atoms with Crippen molar-refractivity contribution >= 4 is 16.7 Å². The van der Waals surface area contributed by atoms with Crippen molar-refractivity contribution in [3.05, 3.63) is 66.1 Å². The maximum atomic E-state index is 4.76. The lowest BCUT2D eigenvalue weighted by molar-refractivity contribution is 0.585. The number of aromatic nitrogens is 3. The number of anilines is 1. The number of nitrogens with zero attached hydrogens (tertiary/aromatic N) is 3. The molecule has 0 aliphatic carbocycles. The van der Waals surface area contributed by atoms with Crippen LogP contribution in [0.1, 0.15) is 31.0 Å². The second kappa shape index (κ2) is 8.16. The molecule has 1 aromatic carbocycles. The molecule has 1 aliphatic heterocycles. The molecule has 31 heavy (non-hydrogen) atoms. The Morgan fingerprint density at radius 1 is 0.903 bits per heavy atom. The van der Waals surface area contributed by atoms with Crippen molar-refractivity contribution in [3.8, 4) is 22.4 Å². The van der Waals surface area contributed by atoms with Crippen molar-refractivity contribution in [2.45, 2.75) is 26.7 Å². The molecular formula is C26H29N5. The number of H-pyrrole nitrogens is 1. The smallest absolute Gasteiger partial charge is 0.128 e. The summed E-state index contributed by atoms with van der Waals surface area (Å²) in [5, 5.41) is 4.67. The second-order valence-electron chi connectivity index (χ2n) is 8.66. The molecule has 0 unspecified atom stereocenters. The molecule has 158 valence electrons. The molecule has 1 fully saturated rings. The fourth-order valence-electron chi connectivity index (χ4n) is 4.56. The van der Waals surface area contributed by atoms with Gasteiger partial charge in [0.25, 0.3) is 0 Å². The highest BCUT2D eigenvalue weighted by Gasteiger charge is 2.17. The van der Waals surface area contributed by atoms with Crippen LogP contribution < -0.4 is 10.2 Å². The zero-order valence-electron chi connectivity index (χ0n) is 18.4. The summed E-state index contributed by atoms with van der Waals surface area (Å²) >= 11 is 0. The third-order valence-corrected chi connectivity index (χ3v) is 6.12. The van der Waals surface area contributed by atoms with Crippen LogP contribution in [0.3, 0.4) is 0 Å². The van der Waals surface area contributed by atoms with Gasteiger partial charge in [-0.05, 0) is 60.4 Å². The largest absolute Gasteiger partial charge is 0.354 e. The summed E-state index contributed by atoms with van der Waals surface area (Å²) in [4.78, 5) is 15.1. The number of aromatic amines is 1. The standard InChI is InChI=1S/C26H29N5/c1-17(2)25-22-15-19(21-5-7-24(29-16-21)31-12-10-27-11-13-31)4-6-23(22)30-26(25)20-8-9-28-18(3)14-20/h4-9,14-17,27,30H,10-13H2,1-3H3. The number of hydrogen-bond acceptors (Lipinski definition) is 4. The van der Waals surface area contributed by atoms with E-state index in [4.69, 9.17) is 4.98 Å². The van der Waals surface area contributed by atoms with E-state index in [2.05, 4.69) is 76.5 Å². The lowest BCUT2D eigenvalue weighted by atomic mass is 9.94. The van der Waals surface area contributed by atoms with Gasteiger partial charge < -0.3 is 15.2 Å². The first kappa shape index (κ1) is 19.8. The van der Waals surface area contributed by atoms with Crippen LogP contribution in [0.2, 0.25) is 0 Å². The van der Waals surface area contributed by atoms with Gasteiger partial charge >= 0.3 is 0 Å². The molecule has 0 radical (unpaired) electrons. The third-order valence-electron chi connectivity index (χ3n) is 6.12. The monoisotopic (exact) mass is 411 g/mol. The molecular weight excluding hydrogens is 382 g/mol. The van der Waals surface area contributed by atoms with Crippen molar-refractivity contribution in [1.82, 2.24) is 20.3 Å². The van der Waals surface area contributed by atoms with E-state index < -0.39 is 0 Å². The first-order valence-electron chi connectivity index (χ1n) is 11.1. The zero-order valence-corrected chi connectivity index (χ0v) is 18.4. The van der Waals surface area contributed by atoms with E-state index in [9.17, 15) is 0 Å². The molecule has 1 aliphatic rings. The molecule has 1 saturated heterocycles. The number of hydrogen-bond donors (Lipinski definition) is 2. The average Bonchev–Trinajstić information content (AvgIpc) is 3.19. The van der Waals surface area contributed by atoms with E-state index in [1.807, 2.05) is 19.3 Å². The Morgan fingerprint density at radius 3 is 2.42 bits per heavy atom. The lowest BCUT2D eigenvalue weighted by Crippen LogP contribution is -2.43. The van der Waals surface area contributed by atoms with Gasteiger partial charge in [0.15, 0.2) is 0 Å². The summed E-state index contributed by atoms with van der Waals surface area (Å²) in [6.45, 7) is 10.6. The van der Waals surface area contributed by atoms with Gasteiger partial charge in [-0.3, -0.25) is 4.98 Å². The topological polar surface area (TPSA) is 56.8 Å². The molecule has 0 bridgehead atoms. The van der Waals surface area contributed by atoms with E-state index >= 15 is 0 Å². The molecule has 3 aromatic heterocycles. The SMILES string of the molecule is Cc1cc(-c2[nH]c3ccc(-c4ccc(N5CCNCC5)nc4)cc3c2C(C)C)ccn1. The Labute approximate surface area is 183 Å². The number of pyridine rings is 2. The fraction of sp³-hybridized carbons (Fsp3) is 0.308. The van der Waals surface area contributed by atoms with Gasteiger partial charge in [-0.1, -0.05) is 19.9 Å². The van der Waals surface area contributed by atoms with E-state index in [-0.39, 0.29) is 0 Å². The van der Waals surface area contributed by atoms with Crippen LogP contribution >= 0.6 is 0 Å². The molecule has 5 rings (SSSR count). The average molecular weight is 412 g/mol. The van der Waals surface area contributed by atoms with Crippen LogP contribution in [0.25, 0.3) is 33.3 Å². The Hall–Kier alpha value is -3.18. The van der Waals surface area contributed by atoms with E-state index in [1.165, 1.54) is 33.3 Å². The van der Waals surface area contributed by atoms with Crippen molar-refractivity contribution in [1.29, 1.82) is 0 Å². The summed E-state index contributed by atoms with van der Waals surface area (Å²) < 4.78 is 0. The first-order valence-corrected chi connectivity index (χ1v) is 11.1. The maximum Gasteiger partial charge on any atom is 0.128 e. The Morgan fingerprint density at radius 2 is 1.71 bits per heavy atom. The Kier molecular flexibility index (Phi) is 5.20. The zero-order chi connectivity index (χ0) is 21.4. The summed E-state index contributed by atoms with van der Waals surface area (Å²) in [6.07, 6.45) is 3.89. The molecule has 5 nitrogen and oxygen atoms in total. The molecule has 4 aromatic rings. The number of nitrogens with one attached hydrogen (secondary N) is 2. The minimum Gasteiger partial charge on any atom is -0.354 e. The summed E-state index contributed by atoms with van der Waals surface area (Å²) in [5.41, 5.74) is 8.29. The lowest BCUT2D eigenvalue weighted by Gasteiger charge is -2.28. The van der Waals surface area contributed by atoms with Crippen LogP contribution in [-0.4, -0.2) is 41.1 Å². The number of aryl methyl sites for hydroxylation is 1. The third kappa shape index (κ3) is 3.81. The highest BCUT2D eigenvalue weighted by atomic mass is 15.2. The van der Waals surface area contributed by atoms with Crippen LogP contribution in [0, 0.1) is 6.92 Å². The van der Waals surface area contributed by atoms with Crippen LogP contribution in [0.15, 0.2) is 54.9 Å². The van der Waals surface area contributed by atoms with Gasteiger partial charge in [-0.2, -0.15) is 0 Å². The number of benzene rings is 1. The minimum absolute atomic E-state index is 0.403. The Balaban J connectivity index is 1.54. The molecule has 5 heteroatoms. The normalized spacial score (nSPS) is 14.5. The summed E-state index contributed by atoms with van der Waals surface area (Å²) in [6, 6.07) is 15.3. The van der Waals surface area contributed by atoms with Gasteiger partial charge in [0, 0.05) is 66.3 Å². The molecule has 0 atom stereocenters. The predicted molar refractivity (Wildman–Crippen MR) is 129 cm³/mol. The van der Waals surface area contributed by atoms with E-state index in [0.29, 0.717) is 5.92 Å². The van der Waals surface area contributed by atoms with Crippen molar-refractivity contribution in [2.24, 2.45) is 0 Å². The van der Waals surface area contributed by atoms with Crippen molar-refractivity contribution < 1.29 is 0 Å². The summed E-state index contributed by atoms with van der Waals surface area (Å²) in [7, 11) is 0. The quantitative estimate of drug-likeness (QED) is 0.489. The molecule has 4 heterocycles. The second-order valence-corrected chi connectivity index (χ2v) is 8.66. The minimum atomic E-state index is 0.403. The molecule has 0 saturated carbocycles. The van der Waals surface area contributed by atoms with Gasteiger partial charge in [-0.15, -0.1) is 0 Å². The maximum absolute atomic E-state index is 4.76. The predicted octanol–water partition coefficient (Wildman–Crippen LogP) is 5.13. The Bertz CT molecular complexity index is 1200. The molecule has 0 amide bonds. The highest BCUT2D eigenvalue weighted by molar-refractivity contribution is 5.94. The van der Waals surface area contributed by atoms with E-state index in [1.54, 1.807) is 0 Å². The van der Waals surface area contributed by atoms with Gasteiger partial charge in [0.2, 0.25) is 0 Å². The van der Waals surface area contributed by atoms with Gasteiger partial charge in [-0.25, -0.2) is 4.98 Å². The van der Waals surface area contributed by atoms with Crippen LogP contribution in [0.4, 0.5) is 5.82 Å². The summed E-state index contributed by atoms with van der Waals surface area (Å²) in [5.74, 6) is 1.46. The van der Waals surface area contributed by atoms with Gasteiger partial charge in [0.05, 0.1) is 5.69 Å². The van der Waals surface area contributed by atoms with E-state index in [0.717, 1.165) is 43.3 Å². The number of fused-ring (bicyclic) bond motifs is 1. The molecule has 2 N–H and O–H groups in total. The van der Waals surface area contributed by atoms with Crippen LogP contribution in [-0.2, 0) is 0 Å². The van der Waals surface area contributed by atoms with Crippen molar-refractivity contribution in [2.75, 3.05) is 31.1 Å². The molecule has 0 spiro atoms. The highest BCUT2D eigenvalue weighted by Crippen LogP contribution is 2.37. The number of piperazine rings is 1. The van der Waals surface area contributed by atoms with Gasteiger partial charge in [0.1, 0.15) is 5.82 Å². The number of rotatable bonds is 4.